The number of aromatic nitrogens is 1. The molecule has 3 aromatic rings. The highest BCUT2D eigenvalue weighted by molar-refractivity contribution is 5.83. The molecule has 0 spiro atoms. The van der Waals surface area contributed by atoms with E-state index in [1.54, 1.807) is 6.07 Å². The van der Waals surface area contributed by atoms with Gasteiger partial charge in [0.15, 0.2) is 0 Å². The third-order valence-corrected chi connectivity index (χ3v) is 3.21. The summed E-state index contributed by atoms with van der Waals surface area (Å²) in [4.78, 5) is 3.12. The molecule has 1 heterocycles. The first kappa shape index (κ1) is 11.8. The Morgan fingerprint density at radius 3 is 2.84 bits per heavy atom. The van der Waals surface area contributed by atoms with Crippen molar-refractivity contribution in [2.75, 3.05) is 0 Å². The molecule has 3 rings (SSSR count). The highest BCUT2D eigenvalue weighted by Gasteiger charge is 2.06. The van der Waals surface area contributed by atoms with Crippen molar-refractivity contribution < 1.29 is 9.13 Å². The van der Waals surface area contributed by atoms with Crippen LogP contribution in [0.25, 0.3) is 10.9 Å². The van der Waals surface area contributed by atoms with Crippen molar-refractivity contribution in [1.82, 2.24) is 4.98 Å². The minimum absolute atomic E-state index is 0.232. The van der Waals surface area contributed by atoms with Crippen molar-refractivity contribution in [3.05, 3.63) is 65.6 Å². The van der Waals surface area contributed by atoms with Gasteiger partial charge < -0.3 is 9.72 Å². The molecule has 0 radical (unpaired) electrons. The Hall–Kier alpha value is -2.29. The van der Waals surface area contributed by atoms with Crippen LogP contribution in [0.15, 0.2) is 48.7 Å². The lowest BCUT2D eigenvalue weighted by Crippen LogP contribution is -1.96. The van der Waals surface area contributed by atoms with Gasteiger partial charge in [-0.2, -0.15) is 0 Å². The van der Waals surface area contributed by atoms with Crippen LogP contribution in [0.2, 0.25) is 0 Å². The third kappa shape index (κ3) is 2.32. The van der Waals surface area contributed by atoms with Crippen LogP contribution >= 0.6 is 0 Å². The zero-order valence-electron chi connectivity index (χ0n) is 10.6. The van der Waals surface area contributed by atoms with Gasteiger partial charge in [0.1, 0.15) is 18.2 Å². The Bertz CT molecular complexity index is 718. The third-order valence-electron chi connectivity index (χ3n) is 3.21. The maximum atomic E-state index is 13.3. The van der Waals surface area contributed by atoms with Crippen LogP contribution in [0.4, 0.5) is 4.39 Å². The van der Waals surface area contributed by atoms with Crippen LogP contribution in [0.1, 0.15) is 11.1 Å². The van der Waals surface area contributed by atoms with Crippen molar-refractivity contribution in [1.29, 1.82) is 0 Å². The summed E-state index contributed by atoms with van der Waals surface area (Å²) >= 11 is 0. The Labute approximate surface area is 110 Å². The van der Waals surface area contributed by atoms with Crippen molar-refractivity contribution in [3.63, 3.8) is 0 Å². The average molecular weight is 255 g/mol. The fraction of sp³-hybridized carbons (Fsp3) is 0.125. The molecule has 2 nitrogen and oxygen atoms in total. The summed E-state index contributed by atoms with van der Waals surface area (Å²) in [5.41, 5.74) is 2.97. The molecule has 0 saturated carbocycles. The number of aromatic amines is 1. The van der Waals surface area contributed by atoms with E-state index in [4.69, 9.17) is 4.74 Å². The normalized spacial score (nSPS) is 10.8. The summed E-state index contributed by atoms with van der Waals surface area (Å²) in [6.45, 7) is 2.43. The molecular weight excluding hydrogens is 241 g/mol. The van der Waals surface area contributed by atoms with Gasteiger partial charge in [0, 0.05) is 22.7 Å². The first-order valence-corrected chi connectivity index (χ1v) is 6.18. The second-order valence-electron chi connectivity index (χ2n) is 4.56. The van der Waals surface area contributed by atoms with E-state index in [-0.39, 0.29) is 5.82 Å². The number of hydrogen-bond acceptors (Lipinski definition) is 1. The van der Waals surface area contributed by atoms with Crippen molar-refractivity contribution in [2.24, 2.45) is 0 Å². The molecule has 0 saturated heterocycles. The summed E-state index contributed by atoms with van der Waals surface area (Å²) in [6.07, 6.45) is 1.86. The molecule has 0 aliphatic heterocycles. The van der Waals surface area contributed by atoms with Crippen LogP contribution in [0.5, 0.6) is 5.75 Å². The average Bonchev–Trinajstić information content (AvgIpc) is 2.80. The number of nitrogens with one attached hydrogen (secondary N) is 1. The number of benzene rings is 2. The summed E-state index contributed by atoms with van der Waals surface area (Å²) in [6, 6.07) is 12.6. The van der Waals surface area contributed by atoms with E-state index in [1.165, 1.54) is 12.1 Å². The van der Waals surface area contributed by atoms with Crippen LogP contribution in [0, 0.1) is 12.7 Å². The second-order valence-corrected chi connectivity index (χ2v) is 4.56. The number of hydrogen-bond donors (Lipinski definition) is 1. The van der Waals surface area contributed by atoms with E-state index < -0.39 is 0 Å². The van der Waals surface area contributed by atoms with Crippen LogP contribution in [0.3, 0.4) is 0 Å². The molecular formula is C16H14FNO. The van der Waals surface area contributed by atoms with E-state index >= 15 is 0 Å². The topological polar surface area (TPSA) is 25.0 Å². The van der Waals surface area contributed by atoms with Gasteiger partial charge in [0.2, 0.25) is 0 Å². The Balaban J connectivity index is 1.86. The molecule has 2 aromatic carbocycles. The molecule has 0 unspecified atom stereocenters. The summed E-state index contributed by atoms with van der Waals surface area (Å²) in [7, 11) is 0. The quantitative estimate of drug-likeness (QED) is 0.745. The lowest BCUT2D eigenvalue weighted by Gasteiger charge is -2.08. The fourth-order valence-electron chi connectivity index (χ4n) is 2.14. The maximum absolute atomic E-state index is 13.3. The molecule has 0 amide bonds. The Kier molecular flexibility index (Phi) is 2.95. The van der Waals surface area contributed by atoms with Crippen molar-refractivity contribution in [2.45, 2.75) is 13.5 Å². The number of rotatable bonds is 3. The van der Waals surface area contributed by atoms with Gasteiger partial charge in [0.05, 0.1) is 0 Å². The first-order valence-electron chi connectivity index (χ1n) is 6.18. The van der Waals surface area contributed by atoms with Gasteiger partial charge in [-0.3, -0.25) is 0 Å². The predicted molar refractivity (Wildman–Crippen MR) is 73.8 cm³/mol. The smallest absolute Gasteiger partial charge is 0.123 e. The van der Waals surface area contributed by atoms with Crippen LogP contribution in [-0.4, -0.2) is 4.98 Å². The Morgan fingerprint density at radius 1 is 1.16 bits per heavy atom. The van der Waals surface area contributed by atoms with Crippen LogP contribution < -0.4 is 4.74 Å². The number of H-pyrrole nitrogens is 1. The van der Waals surface area contributed by atoms with Gasteiger partial charge in [-0.25, -0.2) is 4.39 Å². The number of ether oxygens (including phenoxy) is 1. The maximum Gasteiger partial charge on any atom is 0.123 e. The number of fused-ring (bicyclic) bond motifs is 1. The lowest BCUT2D eigenvalue weighted by atomic mass is 10.2. The minimum atomic E-state index is -0.232. The molecule has 0 bridgehead atoms. The standard InChI is InChI=1S/C16H14FNO/c1-11-4-2-3-5-16(11)19-10-12-9-18-15-7-6-13(17)8-14(12)15/h2-9,18H,10H2,1H3. The van der Waals surface area contributed by atoms with E-state index in [2.05, 4.69) is 4.98 Å². The summed E-state index contributed by atoms with van der Waals surface area (Å²) in [5, 5.41) is 0.869. The zero-order valence-corrected chi connectivity index (χ0v) is 10.6. The second kappa shape index (κ2) is 4.76. The predicted octanol–water partition coefficient (Wildman–Crippen LogP) is 4.19. The molecule has 3 heteroatoms. The van der Waals surface area contributed by atoms with Crippen molar-refractivity contribution in [3.8, 4) is 5.75 Å². The van der Waals surface area contributed by atoms with Gasteiger partial charge in [-0.05, 0) is 36.8 Å². The number of aryl methyl sites for hydroxylation is 1. The highest BCUT2D eigenvalue weighted by Crippen LogP contribution is 2.22. The highest BCUT2D eigenvalue weighted by atomic mass is 19.1. The molecule has 0 atom stereocenters. The molecule has 1 aromatic heterocycles. The van der Waals surface area contributed by atoms with E-state index in [0.29, 0.717) is 6.61 Å². The lowest BCUT2D eigenvalue weighted by molar-refractivity contribution is 0.305. The number of para-hydroxylation sites is 1. The largest absolute Gasteiger partial charge is 0.489 e. The molecule has 1 N–H and O–H groups in total. The molecule has 0 aliphatic carbocycles. The minimum Gasteiger partial charge on any atom is -0.489 e. The Morgan fingerprint density at radius 2 is 2.00 bits per heavy atom. The fourth-order valence-corrected chi connectivity index (χ4v) is 2.14. The van der Waals surface area contributed by atoms with Crippen molar-refractivity contribution >= 4 is 10.9 Å². The number of halogens is 1. The van der Waals surface area contributed by atoms with Crippen LogP contribution in [-0.2, 0) is 6.61 Å². The van der Waals surface area contributed by atoms with Gasteiger partial charge in [-0.15, -0.1) is 0 Å². The van der Waals surface area contributed by atoms with E-state index in [0.717, 1.165) is 27.8 Å². The molecule has 19 heavy (non-hydrogen) atoms. The zero-order chi connectivity index (χ0) is 13.2. The monoisotopic (exact) mass is 255 g/mol. The molecule has 0 aliphatic rings. The van der Waals surface area contributed by atoms with Gasteiger partial charge in [0.25, 0.3) is 0 Å². The SMILES string of the molecule is Cc1ccccc1OCc1c[nH]c2ccc(F)cc12. The summed E-state index contributed by atoms with van der Waals surface area (Å²) in [5.74, 6) is 0.623. The molecule has 96 valence electrons. The van der Waals surface area contributed by atoms with E-state index in [1.807, 2.05) is 37.4 Å². The summed E-state index contributed by atoms with van der Waals surface area (Å²) < 4.78 is 19.1. The van der Waals surface area contributed by atoms with Gasteiger partial charge >= 0.3 is 0 Å². The van der Waals surface area contributed by atoms with Gasteiger partial charge in [-0.1, -0.05) is 18.2 Å². The van der Waals surface area contributed by atoms with E-state index in [9.17, 15) is 4.39 Å². The molecule has 0 fully saturated rings. The first-order chi connectivity index (χ1) is 9.24.